The number of fused-ring (bicyclic) bond motifs is 6. The first-order valence-corrected chi connectivity index (χ1v) is 15.0. The highest BCUT2D eigenvalue weighted by molar-refractivity contribution is 6.19. The molecule has 0 N–H and O–H groups in total. The van der Waals surface area contributed by atoms with Gasteiger partial charge < -0.3 is 9.32 Å². The molecule has 0 aliphatic heterocycles. The lowest BCUT2D eigenvalue weighted by Gasteiger charge is -2.26. The third-order valence-corrected chi connectivity index (χ3v) is 8.42. The van der Waals surface area contributed by atoms with Crippen LogP contribution in [0, 0.1) is 0 Å². The van der Waals surface area contributed by atoms with Crippen molar-refractivity contribution < 1.29 is 16.8 Å². The number of nitrogens with zero attached hydrogens (tertiary/aromatic N) is 1. The molecule has 0 aliphatic rings. The van der Waals surface area contributed by atoms with Crippen molar-refractivity contribution in [3.05, 3.63) is 176 Å². The van der Waals surface area contributed by atoms with Crippen LogP contribution in [-0.2, 0) is 0 Å². The Morgan fingerprint density at radius 1 is 0.457 bits per heavy atom. The van der Waals surface area contributed by atoms with Gasteiger partial charge in [-0.3, -0.25) is 0 Å². The van der Waals surface area contributed by atoms with Gasteiger partial charge in [-0.15, -0.1) is 0 Å². The summed E-state index contributed by atoms with van der Waals surface area (Å²) in [7, 11) is 0. The van der Waals surface area contributed by atoms with Crippen molar-refractivity contribution in [2.45, 2.75) is 0 Å². The first kappa shape index (κ1) is 18.6. The molecule has 0 amide bonds. The molecule has 1 aromatic heterocycles. The number of hydrogen-bond acceptors (Lipinski definition) is 2. The molecule has 0 aliphatic carbocycles. The van der Waals surface area contributed by atoms with E-state index in [0.717, 1.165) is 38.1 Å². The zero-order valence-corrected chi connectivity index (χ0v) is 24.4. The monoisotopic (exact) mass is 596 g/mol. The van der Waals surface area contributed by atoms with E-state index >= 15 is 0 Å². The minimum atomic E-state index is -0.629. The number of anilines is 3. The van der Waals surface area contributed by atoms with Crippen molar-refractivity contribution in [1.82, 2.24) is 0 Å². The Labute approximate surface area is 280 Å². The Morgan fingerprint density at radius 2 is 1.13 bits per heavy atom. The summed E-state index contributed by atoms with van der Waals surface area (Å²) in [5.41, 5.74) is 3.44. The smallest absolute Gasteiger partial charge is 0.143 e. The molecule has 8 aromatic carbocycles. The minimum Gasteiger partial charge on any atom is -0.455 e. The fraction of sp³-hybridized carbons (Fsp3) is 0. The standard InChI is InChI=1S/C44H29NO/c1-2-10-30(11-3-1)31-20-25-35(26-21-31)45(36-27-22-34(23-28-36)38-17-8-14-32-12-4-6-15-37(32)38)41-18-9-19-42-43(41)40-29-24-33-13-5-7-16-39(33)44(40)46-42/h1-29H/i1D,2D,3D,10D,11D,20D,21D,25D,26D. The highest BCUT2D eigenvalue weighted by Gasteiger charge is 2.20. The van der Waals surface area contributed by atoms with E-state index in [-0.39, 0.29) is 11.3 Å². The second kappa shape index (κ2) is 10.8. The zero-order chi connectivity index (χ0) is 38.3. The van der Waals surface area contributed by atoms with Gasteiger partial charge in [0.05, 0.1) is 23.4 Å². The van der Waals surface area contributed by atoms with Crippen LogP contribution in [0.25, 0.3) is 65.7 Å². The van der Waals surface area contributed by atoms with Crippen LogP contribution in [-0.4, -0.2) is 0 Å². The highest BCUT2D eigenvalue weighted by atomic mass is 16.3. The van der Waals surface area contributed by atoms with Gasteiger partial charge in [-0.25, -0.2) is 0 Å². The quantitative estimate of drug-likeness (QED) is 0.196. The van der Waals surface area contributed by atoms with Gasteiger partial charge in [0.25, 0.3) is 0 Å². The Bertz CT molecular complexity index is 2980. The summed E-state index contributed by atoms with van der Waals surface area (Å²) in [6, 6.07) is 34.3. The average Bonchev–Trinajstić information content (AvgIpc) is 3.61. The average molecular weight is 597 g/mol. The first-order valence-electron chi connectivity index (χ1n) is 19.5. The SMILES string of the molecule is [2H]c1c([2H])c([2H])c(-c2c([2H])c([2H])c(N(c3ccc(-c4cccc5ccccc45)cc3)c3cccc4oc5c6ccccc6ccc5c34)c([2H])c2[2H])c([2H])c1[2H]. The lowest BCUT2D eigenvalue weighted by Crippen LogP contribution is -2.10. The van der Waals surface area contributed by atoms with E-state index < -0.39 is 59.9 Å². The van der Waals surface area contributed by atoms with Crippen LogP contribution in [0.15, 0.2) is 180 Å². The molecule has 1 heterocycles. The van der Waals surface area contributed by atoms with E-state index in [4.69, 9.17) is 11.3 Å². The molecule has 0 saturated heterocycles. The molecular formula is C44H29NO. The largest absolute Gasteiger partial charge is 0.455 e. The summed E-state index contributed by atoms with van der Waals surface area (Å²) in [4.78, 5) is 1.69. The van der Waals surface area contributed by atoms with Gasteiger partial charge in [0, 0.05) is 22.1 Å². The van der Waals surface area contributed by atoms with Crippen molar-refractivity contribution in [2.75, 3.05) is 4.90 Å². The molecule has 0 radical (unpaired) electrons. The second-order valence-corrected chi connectivity index (χ2v) is 11.0. The third-order valence-electron chi connectivity index (χ3n) is 8.42. The van der Waals surface area contributed by atoms with Gasteiger partial charge >= 0.3 is 0 Å². The molecule has 0 atom stereocenters. The van der Waals surface area contributed by atoms with Gasteiger partial charge in [-0.1, -0.05) is 133 Å². The van der Waals surface area contributed by atoms with E-state index in [0.29, 0.717) is 27.9 Å². The molecule has 0 fully saturated rings. The molecular weight excluding hydrogens is 558 g/mol. The topological polar surface area (TPSA) is 16.4 Å². The minimum absolute atomic E-state index is 0.0772. The molecule has 0 saturated carbocycles. The van der Waals surface area contributed by atoms with Crippen molar-refractivity contribution in [3.63, 3.8) is 0 Å². The molecule has 9 rings (SSSR count). The van der Waals surface area contributed by atoms with E-state index in [2.05, 4.69) is 24.3 Å². The summed E-state index contributed by atoms with van der Waals surface area (Å²) in [6.07, 6.45) is 0. The maximum Gasteiger partial charge on any atom is 0.143 e. The van der Waals surface area contributed by atoms with E-state index in [9.17, 15) is 5.48 Å². The molecule has 0 unspecified atom stereocenters. The first-order chi connectivity index (χ1) is 26.6. The predicted octanol–water partition coefficient (Wildman–Crippen LogP) is 12.7. The molecule has 9 aromatic rings. The Morgan fingerprint density at radius 3 is 1.93 bits per heavy atom. The van der Waals surface area contributed by atoms with Crippen LogP contribution in [0.5, 0.6) is 0 Å². The maximum atomic E-state index is 9.44. The maximum absolute atomic E-state index is 9.44. The van der Waals surface area contributed by atoms with Gasteiger partial charge in [0.15, 0.2) is 0 Å². The van der Waals surface area contributed by atoms with E-state index in [1.54, 1.807) is 4.90 Å². The van der Waals surface area contributed by atoms with Gasteiger partial charge in [0.2, 0.25) is 0 Å². The van der Waals surface area contributed by atoms with Crippen LogP contribution in [0.2, 0.25) is 0 Å². The Kier molecular flexibility index (Phi) is 4.37. The fourth-order valence-electron chi connectivity index (χ4n) is 6.29. The molecule has 46 heavy (non-hydrogen) atoms. The zero-order valence-electron chi connectivity index (χ0n) is 33.4. The van der Waals surface area contributed by atoms with Gasteiger partial charge in [0.1, 0.15) is 11.2 Å². The lowest BCUT2D eigenvalue weighted by molar-refractivity contribution is 0.672. The van der Waals surface area contributed by atoms with Crippen molar-refractivity contribution in [3.8, 4) is 22.3 Å². The van der Waals surface area contributed by atoms with E-state index in [1.807, 2.05) is 97.1 Å². The van der Waals surface area contributed by atoms with Crippen molar-refractivity contribution in [1.29, 1.82) is 0 Å². The normalized spacial score (nSPS) is 14.2. The summed E-state index contributed by atoms with van der Waals surface area (Å²) < 4.78 is 85.5. The number of furan rings is 1. The van der Waals surface area contributed by atoms with Crippen LogP contribution in [0.3, 0.4) is 0 Å². The van der Waals surface area contributed by atoms with Gasteiger partial charge in [-0.2, -0.15) is 0 Å². The van der Waals surface area contributed by atoms with Crippen molar-refractivity contribution in [2.24, 2.45) is 0 Å². The fourth-order valence-corrected chi connectivity index (χ4v) is 6.29. The third kappa shape index (κ3) is 4.35. The Hall–Kier alpha value is -6.12. The molecule has 0 bridgehead atoms. The number of hydrogen-bond donors (Lipinski definition) is 0. The number of benzene rings is 8. The molecule has 216 valence electrons. The summed E-state index contributed by atoms with van der Waals surface area (Å²) in [5, 5.41) is 5.60. The van der Waals surface area contributed by atoms with Crippen LogP contribution in [0.4, 0.5) is 17.1 Å². The number of rotatable bonds is 5. The summed E-state index contributed by atoms with van der Waals surface area (Å²) in [5.74, 6) is 0. The second-order valence-electron chi connectivity index (χ2n) is 11.0. The molecule has 0 spiro atoms. The highest BCUT2D eigenvalue weighted by Crippen LogP contribution is 2.45. The Balaban J connectivity index is 1.33. The molecule has 2 nitrogen and oxygen atoms in total. The van der Waals surface area contributed by atoms with Crippen LogP contribution >= 0.6 is 0 Å². The molecule has 2 heteroatoms. The van der Waals surface area contributed by atoms with Crippen LogP contribution < -0.4 is 4.90 Å². The van der Waals surface area contributed by atoms with Gasteiger partial charge in [-0.05, 0) is 80.8 Å². The van der Waals surface area contributed by atoms with E-state index in [1.165, 1.54) is 0 Å². The van der Waals surface area contributed by atoms with Crippen LogP contribution in [0.1, 0.15) is 12.3 Å². The summed E-state index contributed by atoms with van der Waals surface area (Å²) in [6.45, 7) is 0. The summed E-state index contributed by atoms with van der Waals surface area (Å²) >= 11 is 0. The predicted molar refractivity (Wildman–Crippen MR) is 194 cm³/mol. The lowest BCUT2D eigenvalue weighted by atomic mass is 9.98. The van der Waals surface area contributed by atoms with Crippen molar-refractivity contribution >= 4 is 60.5 Å².